The molecule has 0 unspecified atom stereocenters. The van der Waals surface area contributed by atoms with Crippen LogP contribution in [0.15, 0.2) is 12.3 Å². The predicted molar refractivity (Wildman–Crippen MR) is 69.4 cm³/mol. The number of H-pyrrole nitrogens is 1. The van der Waals surface area contributed by atoms with E-state index in [2.05, 4.69) is 9.71 Å². The van der Waals surface area contributed by atoms with Gasteiger partial charge in [-0.2, -0.15) is 0 Å². The monoisotopic (exact) mass is 290 g/mol. The molecule has 1 aliphatic rings. The van der Waals surface area contributed by atoms with Gasteiger partial charge in [-0.25, -0.2) is 8.42 Å². The maximum absolute atomic E-state index is 11.6. The van der Waals surface area contributed by atoms with Crippen molar-refractivity contribution in [1.29, 1.82) is 0 Å². The van der Waals surface area contributed by atoms with E-state index in [1.165, 1.54) is 0 Å². The average molecular weight is 291 g/mol. The Morgan fingerprint density at radius 3 is 2.76 bits per heavy atom. The standard InChI is InChI=1S/C10H8Cl2N2O2S/c11-6-3-5-1-2-17(15,16)14-9(5)10-8(6)7(12)4-13-10/h3-4,13-14H,1-2H2. The quantitative estimate of drug-likeness (QED) is 0.784. The van der Waals surface area contributed by atoms with Crippen LogP contribution >= 0.6 is 23.2 Å². The van der Waals surface area contributed by atoms with Crippen LogP contribution in [-0.2, 0) is 16.4 Å². The molecule has 0 atom stereocenters. The van der Waals surface area contributed by atoms with Gasteiger partial charge in [-0.1, -0.05) is 23.2 Å². The number of hydrogen-bond acceptors (Lipinski definition) is 2. The van der Waals surface area contributed by atoms with Crippen molar-refractivity contribution in [3.8, 4) is 0 Å². The van der Waals surface area contributed by atoms with Crippen LogP contribution in [0.25, 0.3) is 10.9 Å². The number of aromatic nitrogens is 1. The molecular formula is C10H8Cl2N2O2S. The number of fused-ring (bicyclic) bond motifs is 3. The Kier molecular flexibility index (Phi) is 2.33. The molecule has 2 heterocycles. The molecule has 0 amide bonds. The maximum Gasteiger partial charge on any atom is 0.233 e. The largest absolute Gasteiger partial charge is 0.358 e. The van der Waals surface area contributed by atoms with Crippen LogP contribution in [-0.4, -0.2) is 19.2 Å². The van der Waals surface area contributed by atoms with Crippen LogP contribution in [0.1, 0.15) is 5.56 Å². The summed E-state index contributed by atoms with van der Waals surface area (Å²) in [5.74, 6) is 0.0796. The zero-order chi connectivity index (χ0) is 12.2. The third kappa shape index (κ3) is 1.69. The van der Waals surface area contributed by atoms with Gasteiger partial charge in [0.1, 0.15) is 0 Å². The topological polar surface area (TPSA) is 62.0 Å². The normalized spacial score (nSPS) is 17.8. The van der Waals surface area contributed by atoms with E-state index in [1.807, 2.05) is 0 Å². The van der Waals surface area contributed by atoms with E-state index in [1.54, 1.807) is 12.3 Å². The molecule has 0 saturated heterocycles. The van der Waals surface area contributed by atoms with Gasteiger partial charge in [-0.3, -0.25) is 4.72 Å². The highest BCUT2D eigenvalue weighted by atomic mass is 35.5. The van der Waals surface area contributed by atoms with Crippen molar-refractivity contribution in [2.45, 2.75) is 6.42 Å². The van der Waals surface area contributed by atoms with Crippen molar-refractivity contribution in [2.24, 2.45) is 0 Å². The van der Waals surface area contributed by atoms with Crippen molar-refractivity contribution < 1.29 is 8.42 Å². The molecule has 90 valence electrons. The summed E-state index contributed by atoms with van der Waals surface area (Å²) in [5.41, 5.74) is 2.08. The first-order valence-electron chi connectivity index (χ1n) is 4.96. The second-order valence-corrected chi connectivity index (χ2v) is 6.61. The van der Waals surface area contributed by atoms with Crippen molar-refractivity contribution in [1.82, 2.24) is 4.98 Å². The molecule has 0 saturated carbocycles. The van der Waals surface area contributed by atoms with Crippen LogP contribution in [0.4, 0.5) is 5.69 Å². The molecule has 7 heteroatoms. The first kappa shape index (κ1) is 11.2. The van der Waals surface area contributed by atoms with E-state index in [0.717, 1.165) is 5.56 Å². The first-order chi connectivity index (χ1) is 7.98. The van der Waals surface area contributed by atoms with Crippen molar-refractivity contribution >= 4 is 49.8 Å². The van der Waals surface area contributed by atoms with E-state index >= 15 is 0 Å². The Balaban J connectivity index is 2.38. The molecule has 2 N–H and O–H groups in total. The molecular weight excluding hydrogens is 283 g/mol. The zero-order valence-electron chi connectivity index (χ0n) is 8.55. The fourth-order valence-corrected chi connectivity index (χ4v) is 3.81. The van der Waals surface area contributed by atoms with E-state index in [0.29, 0.717) is 33.1 Å². The number of aryl methyl sites for hydroxylation is 1. The molecule has 0 aliphatic carbocycles. The molecule has 17 heavy (non-hydrogen) atoms. The van der Waals surface area contributed by atoms with Gasteiger partial charge in [0.25, 0.3) is 0 Å². The Morgan fingerprint density at radius 2 is 2.00 bits per heavy atom. The lowest BCUT2D eigenvalue weighted by Gasteiger charge is -2.19. The van der Waals surface area contributed by atoms with Gasteiger partial charge in [0.2, 0.25) is 10.0 Å². The van der Waals surface area contributed by atoms with Crippen LogP contribution in [0.5, 0.6) is 0 Å². The summed E-state index contributed by atoms with van der Waals surface area (Å²) in [5, 5.41) is 1.67. The average Bonchev–Trinajstić information content (AvgIpc) is 2.62. The number of hydrogen-bond donors (Lipinski definition) is 2. The number of benzene rings is 1. The Bertz CT molecular complexity index is 721. The third-order valence-electron chi connectivity index (χ3n) is 2.84. The fraction of sp³-hybridized carbons (Fsp3) is 0.200. The molecule has 0 fully saturated rings. The van der Waals surface area contributed by atoms with Crippen LogP contribution < -0.4 is 4.72 Å². The summed E-state index contributed by atoms with van der Waals surface area (Å²) in [6.45, 7) is 0. The molecule has 0 spiro atoms. The maximum atomic E-state index is 11.6. The second kappa shape index (κ2) is 3.54. The minimum Gasteiger partial charge on any atom is -0.358 e. The number of sulfonamides is 1. The third-order valence-corrected chi connectivity index (χ3v) is 4.69. The highest BCUT2D eigenvalue weighted by Gasteiger charge is 2.24. The number of anilines is 1. The number of rotatable bonds is 0. The molecule has 2 aromatic rings. The summed E-state index contributed by atoms with van der Waals surface area (Å²) >= 11 is 12.1. The first-order valence-corrected chi connectivity index (χ1v) is 7.37. The van der Waals surface area contributed by atoms with Gasteiger partial charge in [-0.05, 0) is 18.1 Å². The summed E-state index contributed by atoms with van der Waals surface area (Å²) in [6.07, 6.45) is 2.05. The van der Waals surface area contributed by atoms with Gasteiger partial charge in [-0.15, -0.1) is 0 Å². The lowest BCUT2D eigenvalue weighted by Crippen LogP contribution is -2.24. The fourth-order valence-electron chi connectivity index (χ4n) is 2.05. The molecule has 0 radical (unpaired) electrons. The van der Waals surface area contributed by atoms with E-state index < -0.39 is 10.0 Å². The molecule has 1 aromatic heterocycles. The van der Waals surface area contributed by atoms with Crippen LogP contribution in [0, 0.1) is 0 Å². The van der Waals surface area contributed by atoms with Crippen molar-refractivity contribution in [3.05, 3.63) is 27.9 Å². The number of nitrogens with one attached hydrogen (secondary N) is 2. The smallest absolute Gasteiger partial charge is 0.233 e. The van der Waals surface area contributed by atoms with Crippen molar-refractivity contribution in [2.75, 3.05) is 10.5 Å². The molecule has 1 aromatic carbocycles. The zero-order valence-corrected chi connectivity index (χ0v) is 10.9. The summed E-state index contributed by atoms with van der Waals surface area (Å²) in [7, 11) is -3.25. The number of halogens is 2. The van der Waals surface area contributed by atoms with Gasteiger partial charge in [0.15, 0.2) is 0 Å². The molecule has 3 rings (SSSR count). The van der Waals surface area contributed by atoms with Crippen molar-refractivity contribution in [3.63, 3.8) is 0 Å². The highest BCUT2D eigenvalue weighted by molar-refractivity contribution is 7.92. The Hall–Kier alpha value is -0.910. The minimum absolute atomic E-state index is 0.0796. The van der Waals surface area contributed by atoms with Gasteiger partial charge >= 0.3 is 0 Å². The molecule has 0 bridgehead atoms. The van der Waals surface area contributed by atoms with Crippen LogP contribution in [0.3, 0.4) is 0 Å². The number of aromatic amines is 1. The van der Waals surface area contributed by atoms with E-state index in [9.17, 15) is 8.42 Å². The lowest BCUT2D eigenvalue weighted by atomic mass is 10.1. The van der Waals surface area contributed by atoms with Gasteiger partial charge < -0.3 is 4.98 Å². The lowest BCUT2D eigenvalue weighted by molar-refractivity contribution is 0.599. The predicted octanol–water partition coefficient (Wildman–Crippen LogP) is 2.77. The summed E-state index contributed by atoms with van der Waals surface area (Å²) in [6, 6.07) is 1.76. The van der Waals surface area contributed by atoms with E-state index in [4.69, 9.17) is 23.2 Å². The summed E-state index contributed by atoms with van der Waals surface area (Å²) in [4.78, 5) is 2.95. The van der Waals surface area contributed by atoms with Gasteiger partial charge in [0.05, 0.1) is 27.0 Å². The second-order valence-electron chi connectivity index (χ2n) is 3.95. The Morgan fingerprint density at radius 1 is 1.24 bits per heavy atom. The molecule has 1 aliphatic heterocycles. The van der Waals surface area contributed by atoms with E-state index in [-0.39, 0.29) is 5.75 Å². The minimum atomic E-state index is -3.25. The molecule has 4 nitrogen and oxygen atoms in total. The Labute approximate surface area is 108 Å². The van der Waals surface area contributed by atoms with Crippen LogP contribution in [0.2, 0.25) is 10.0 Å². The SMILES string of the molecule is O=S1(=O)CCc2cc(Cl)c3c(Cl)c[nH]c3c2N1. The van der Waals surface area contributed by atoms with Gasteiger partial charge in [0, 0.05) is 11.6 Å². The summed E-state index contributed by atoms with van der Waals surface area (Å²) < 4.78 is 25.7. The highest BCUT2D eigenvalue weighted by Crippen LogP contribution is 2.39.